The molecule has 2 aromatic carbocycles. The number of esters is 1. The maximum absolute atomic E-state index is 12.8. The van der Waals surface area contributed by atoms with Gasteiger partial charge in [-0.15, -0.1) is 0 Å². The number of para-hydroxylation sites is 1. The van der Waals surface area contributed by atoms with E-state index in [2.05, 4.69) is 5.32 Å². The Bertz CT molecular complexity index is 936. The third kappa shape index (κ3) is 4.11. The maximum Gasteiger partial charge on any atom is 0.340 e. The van der Waals surface area contributed by atoms with Gasteiger partial charge in [-0.1, -0.05) is 36.4 Å². The van der Waals surface area contributed by atoms with E-state index in [-0.39, 0.29) is 24.8 Å². The van der Waals surface area contributed by atoms with Gasteiger partial charge in [-0.05, 0) is 36.3 Å². The van der Waals surface area contributed by atoms with Gasteiger partial charge in [0.1, 0.15) is 0 Å². The number of hydrogen-bond donors (Lipinski definition) is 1. The fourth-order valence-corrected chi connectivity index (χ4v) is 3.27. The Morgan fingerprint density at radius 1 is 1.07 bits per heavy atom. The predicted molar refractivity (Wildman–Crippen MR) is 106 cm³/mol. The minimum atomic E-state index is -0.491. The summed E-state index contributed by atoms with van der Waals surface area (Å²) in [5.74, 6) is -0.928. The highest BCUT2D eigenvalue weighted by atomic mass is 16.5. The molecule has 1 heterocycles. The molecule has 144 valence electrons. The molecule has 0 aromatic heterocycles. The zero-order valence-corrected chi connectivity index (χ0v) is 15.8. The SMILES string of the molecule is CCOC(=O)c1ccccc1NC(=O)C[C@H]1c2ccccc2C=CN1C(C)=O. The van der Waals surface area contributed by atoms with Crippen molar-refractivity contribution in [3.05, 3.63) is 71.4 Å². The van der Waals surface area contributed by atoms with Crippen LogP contribution in [-0.2, 0) is 14.3 Å². The molecule has 3 rings (SSSR count). The van der Waals surface area contributed by atoms with Crippen molar-refractivity contribution in [2.45, 2.75) is 26.3 Å². The van der Waals surface area contributed by atoms with Crippen LogP contribution < -0.4 is 5.32 Å². The highest BCUT2D eigenvalue weighted by molar-refractivity contribution is 6.01. The van der Waals surface area contributed by atoms with Gasteiger partial charge in [0, 0.05) is 13.1 Å². The fourth-order valence-electron chi connectivity index (χ4n) is 3.27. The number of rotatable bonds is 5. The van der Waals surface area contributed by atoms with Crippen LogP contribution in [0.4, 0.5) is 5.69 Å². The van der Waals surface area contributed by atoms with Crippen LogP contribution in [0.15, 0.2) is 54.7 Å². The molecule has 0 fully saturated rings. The van der Waals surface area contributed by atoms with Gasteiger partial charge < -0.3 is 15.0 Å². The van der Waals surface area contributed by atoms with Crippen LogP contribution in [0, 0.1) is 0 Å². The second kappa shape index (κ2) is 8.52. The molecule has 0 aliphatic carbocycles. The number of anilines is 1. The topological polar surface area (TPSA) is 75.7 Å². The average molecular weight is 378 g/mol. The van der Waals surface area contributed by atoms with Gasteiger partial charge in [-0.3, -0.25) is 9.59 Å². The molecular formula is C22H22N2O4. The minimum absolute atomic E-state index is 0.0676. The molecular weight excluding hydrogens is 356 g/mol. The summed E-state index contributed by atoms with van der Waals surface area (Å²) in [5, 5.41) is 2.79. The Hall–Kier alpha value is -3.41. The molecule has 0 spiro atoms. The van der Waals surface area contributed by atoms with Gasteiger partial charge in [-0.2, -0.15) is 0 Å². The largest absolute Gasteiger partial charge is 0.462 e. The molecule has 6 nitrogen and oxygen atoms in total. The first kappa shape index (κ1) is 19.4. The highest BCUT2D eigenvalue weighted by Gasteiger charge is 2.28. The van der Waals surface area contributed by atoms with Crippen molar-refractivity contribution in [1.82, 2.24) is 4.90 Å². The summed E-state index contributed by atoms with van der Waals surface area (Å²) in [5.41, 5.74) is 2.57. The second-order valence-electron chi connectivity index (χ2n) is 6.41. The molecule has 2 aromatic rings. The monoisotopic (exact) mass is 378 g/mol. The van der Waals surface area contributed by atoms with Gasteiger partial charge in [0.2, 0.25) is 11.8 Å². The number of amides is 2. The van der Waals surface area contributed by atoms with Gasteiger partial charge in [-0.25, -0.2) is 4.79 Å². The molecule has 28 heavy (non-hydrogen) atoms. The Kier molecular flexibility index (Phi) is 5.89. The van der Waals surface area contributed by atoms with Gasteiger partial charge in [0.25, 0.3) is 0 Å². The summed E-state index contributed by atoms with van der Waals surface area (Å²) in [6.45, 7) is 3.45. The maximum atomic E-state index is 12.8. The Morgan fingerprint density at radius 2 is 1.79 bits per heavy atom. The Morgan fingerprint density at radius 3 is 2.54 bits per heavy atom. The number of carbonyl (C=O) groups excluding carboxylic acids is 3. The average Bonchev–Trinajstić information content (AvgIpc) is 2.68. The summed E-state index contributed by atoms with van der Waals surface area (Å²) >= 11 is 0. The molecule has 1 aliphatic heterocycles. The van der Waals surface area contributed by atoms with E-state index in [0.29, 0.717) is 11.3 Å². The van der Waals surface area contributed by atoms with Crippen molar-refractivity contribution < 1.29 is 19.1 Å². The van der Waals surface area contributed by atoms with E-state index in [4.69, 9.17) is 4.74 Å². The molecule has 1 atom stereocenters. The lowest BCUT2D eigenvalue weighted by Gasteiger charge is -2.32. The Labute approximate surface area is 163 Å². The molecule has 1 aliphatic rings. The van der Waals surface area contributed by atoms with Crippen molar-refractivity contribution in [3.63, 3.8) is 0 Å². The third-order valence-corrected chi connectivity index (χ3v) is 4.54. The molecule has 0 unspecified atom stereocenters. The zero-order valence-electron chi connectivity index (χ0n) is 15.8. The van der Waals surface area contributed by atoms with Crippen LogP contribution in [-0.4, -0.2) is 29.3 Å². The van der Waals surface area contributed by atoms with Crippen molar-refractivity contribution in [3.8, 4) is 0 Å². The second-order valence-corrected chi connectivity index (χ2v) is 6.41. The van der Waals surface area contributed by atoms with Crippen LogP contribution in [0.5, 0.6) is 0 Å². The lowest BCUT2D eigenvalue weighted by Crippen LogP contribution is -2.33. The van der Waals surface area contributed by atoms with Crippen LogP contribution in [0.2, 0.25) is 0 Å². The first-order chi connectivity index (χ1) is 13.5. The Balaban J connectivity index is 1.82. The summed E-state index contributed by atoms with van der Waals surface area (Å²) in [4.78, 5) is 38.5. The lowest BCUT2D eigenvalue weighted by atomic mass is 9.93. The molecule has 0 saturated carbocycles. The minimum Gasteiger partial charge on any atom is -0.462 e. The van der Waals surface area contributed by atoms with Gasteiger partial charge in [0.15, 0.2) is 0 Å². The van der Waals surface area contributed by atoms with Gasteiger partial charge in [0.05, 0.1) is 30.3 Å². The molecule has 0 radical (unpaired) electrons. The number of hydrogen-bond acceptors (Lipinski definition) is 4. The standard InChI is InChI=1S/C22H22N2O4/c1-3-28-22(27)18-10-6-7-11-19(18)23-21(26)14-20-17-9-5-4-8-16(17)12-13-24(20)15(2)25/h4-13,20H,3,14H2,1-2H3,(H,23,26)/t20-/m0/s1. The summed E-state index contributed by atoms with van der Waals surface area (Å²) in [6.07, 6.45) is 3.63. The quantitative estimate of drug-likeness (QED) is 0.804. The van der Waals surface area contributed by atoms with Crippen LogP contribution in [0.3, 0.4) is 0 Å². The van der Waals surface area contributed by atoms with E-state index in [1.165, 1.54) is 6.92 Å². The fraction of sp³-hybridized carbons (Fsp3) is 0.227. The molecule has 0 saturated heterocycles. The number of benzene rings is 2. The predicted octanol–water partition coefficient (Wildman–Crippen LogP) is 3.77. The molecule has 1 N–H and O–H groups in total. The number of nitrogens with one attached hydrogen (secondary N) is 1. The summed E-state index contributed by atoms with van der Waals surface area (Å²) in [7, 11) is 0. The van der Waals surface area contributed by atoms with Crippen molar-refractivity contribution in [1.29, 1.82) is 0 Å². The van der Waals surface area contributed by atoms with E-state index in [9.17, 15) is 14.4 Å². The van der Waals surface area contributed by atoms with E-state index < -0.39 is 12.0 Å². The lowest BCUT2D eigenvalue weighted by molar-refractivity contribution is -0.129. The van der Waals surface area contributed by atoms with Crippen LogP contribution >= 0.6 is 0 Å². The first-order valence-corrected chi connectivity index (χ1v) is 9.13. The van der Waals surface area contributed by atoms with Crippen LogP contribution in [0.25, 0.3) is 6.08 Å². The van der Waals surface area contributed by atoms with E-state index in [1.807, 2.05) is 30.3 Å². The zero-order chi connectivity index (χ0) is 20.1. The van der Waals surface area contributed by atoms with Crippen molar-refractivity contribution >= 4 is 29.5 Å². The smallest absolute Gasteiger partial charge is 0.340 e. The number of ether oxygens (including phenoxy) is 1. The van der Waals surface area contributed by atoms with Crippen molar-refractivity contribution in [2.24, 2.45) is 0 Å². The number of carbonyl (C=O) groups is 3. The van der Waals surface area contributed by atoms with E-state index in [0.717, 1.165) is 11.1 Å². The first-order valence-electron chi connectivity index (χ1n) is 9.13. The van der Waals surface area contributed by atoms with Crippen LogP contribution in [0.1, 0.15) is 47.8 Å². The van der Waals surface area contributed by atoms with Gasteiger partial charge >= 0.3 is 5.97 Å². The third-order valence-electron chi connectivity index (χ3n) is 4.54. The van der Waals surface area contributed by atoms with Crippen molar-refractivity contribution in [2.75, 3.05) is 11.9 Å². The summed E-state index contributed by atoms with van der Waals surface area (Å²) < 4.78 is 5.04. The highest BCUT2D eigenvalue weighted by Crippen LogP contribution is 2.33. The molecule has 2 amide bonds. The summed E-state index contributed by atoms with van der Waals surface area (Å²) in [6, 6.07) is 14.0. The number of nitrogens with zero attached hydrogens (tertiary/aromatic N) is 1. The number of fused-ring (bicyclic) bond motifs is 1. The molecule has 6 heteroatoms. The van der Waals surface area contributed by atoms with E-state index in [1.54, 1.807) is 42.3 Å². The normalized spacial score (nSPS) is 14.9. The van der Waals surface area contributed by atoms with E-state index >= 15 is 0 Å². The molecule has 0 bridgehead atoms.